The largest absolute Gasteiger partial charge is 0.497 e. The van der Waals surface area contributed by atoms with Gasteiger partial charge in [-0.15, -0.1) is 0 Å². The van der Waals surface area contributed by atoms with Gasteiger partial charge in [0.15, 0.2) is 4.80 Å². The number of thiazole rings is 1. The lowest BCUT2D eigenvalue weighted by molar-refractivity contribution is -0.142. The Labute approximate surface area is 244 Å². The predicted molar refractivity (Wildman–Crippen MR) is 154 cm³/mol. The summed E-state index contributed by atoms with van der Waals surface area (Å²) < 4.78 is 23.0. The number of benzene rings is 2. The van der Waals surface area contributed by atoms with Crippen LogP contribution in [0.5, 0.6) is 11.5 Å². The number of methoxy groups -OCH3 is 2. The Morgan fingerprint density at radius 3 is 2.43 bits per heavy atom. The number of esters is 2. The highest BCUT2D eigenvalue weighted by Crippen LogP contribution is 2.38. The van der Waals surface area contributed by atoms with Gasteiger partial charge in [0.1, 0.15) is 28.6 Å². The zero-order chi connectivity index (χ0) is 30.1. The van der Waals surface area contributed by atoms with Gasteiger partial charge in [-0.25, -0.2) is 9.79 Å². The van der Waals surface area contributed by atoms with Crippen molar-refractivity contribution in [3.05, 3.63) is 84.5 Å². The smallest absolute Gasteiger partial charge is 0.338 e. The van der Waals surface area contributed by atoms with Crippen molar-refractivity contribution in [3.8, 4) is 11.5 Å². The van der Waals surface area contributed by atoms with Gasteiger partial charge in [0.05, 0.1) is 50.0 Å². The van der Waals surface area contributed by atoms with Crippen LogP contribution < -0.4 is 29.3 Å². The molecule has 1 aromatic heterocycles. The van der Waals surface area contributed by atoms with Crippen molar-refractivity contribution in [3.63, 3.8) is 0 Å². The quantitative estimate of drug-likeness (QED) is 0.365. The first-order valence-electron chi connectivity index (χ1n) is 13.3. The lowest BCUT2D eigenvalue weighted by Gasteiger charge is -2.26. The lowest BCUT2D eigenvalue weighted by Crippen LogP contribution is -2.41. The minimum absolute atomic E-state index is 0.119. The molecule has 0 unspecified atom stereocenters. The number of hydrogen-bond acceptors (Lipinski definition) is 10. The molecule has 0 saturated heterocycles. The van der Waals surface area contributed by atoms with Crippen LogP contribution in [-0.4, -0.2) is 56.4 Å². The zero-order valence-electron chi connectivity index (χ0n) is 23.8. The third kappa shape index (κ3) is 4.77. The van der Waals surface area contributed by atoms with Crippen LogP contribution in [0.4, 0.5) is 5.69 Å². The fraction of sp³-hybridized carbons (Fsp3) is 0.300. The van der Waals surface area contributed by atoms with E-state index in [9.17, 15) is 19.2 Å². The molecule has 42 heavy (non-hydrogen) atoms. The number of hydrogen-bond donors (Lipinski definition) is 0. The van der Waals surface area contributed by atoms with E-state index >= 15 is 0 Å². The molecule has 0 bridgehead atoms. The van der Waals surface area contributed by atoms with Crippen LogP contribution in [-0.2, 0) is 23.9 Å². The maximum absolute atomic E-state index is 14.3. The second kappa shape index (κ2) is 11.6. The number of fused-ring (bicyclic) bond motifs is 2. The molecule has 2 aliphatic heterocycles. The van der Waals surface area contributed by atoms with E-state index in [4.69, 9.17) is 18.9 Å². The molecular formula is C30H29N3O8S. The summed E-state index contributed by atoms with van der Waals surface area (Å²) in [6.07, 6.45) is 0. The molecule has 0 spiro atoms. The molecule has 218 valence electrons. The Morgan fingerprint density at radius 2 is 1.74 bits per heavy atom. The van der Waals surface area contributed by atoms with E-state index < -0.39 is 29.4 Å². The van der Waals surface area contributed by atoms with Crippen LogP contribution in [0.25, 0.3) is 5.57 Å². The average Bonchev–Trinajstić information content (AvgIpc) is 3.44. The Hall–Kier alpha value is -4.71. The summed E-state index contributed by atoms with van der Waals surface area (Å²) in [6.45, 7) is 5.03. The second-order valence-corrected chi connectivity index (χ2v) is 10.3. The first-order valence-corrected chi connectivity index (χ1v) is 14.1. The van der Waals surface area contributed by atoms with Crippen molar-refractivity contribution >= 4 is 40.4 Å². The first-order chi connectivity index (χ1) is 20.2. The number of para-hydroxylation sites is 1. The summed E-state index contributed by atoms with van der Waals surface area (Å²) >= 11 is 1.04. The average molecular weight is 592 g/mol. The van der Waals surface area contributed by atoms with Crippen molar-refractivity contribution in [2.45, 2.75) is 26.8 Å². The highest BCUT2D eigenvalue weighted by molar-refractivity contribution is 7.07. The molecule has 0 saturated carbocycles. The van der Waals surface area contributed by atoms with Crippen molar-refractivity contribution in [1.82, 2.24) is 4.57 Å². The van der Waals surface area contributed by atoms with Crippen LogP contribution in [0.3, 0.4) is 0 Å². The molecule has 1 amide bonds. The van der Waals surface area contributed by atoms with Gasteiger partial charge in [0.25, 0.3) is 11.5 Å². The molecule has 2 aliphatic rings. The fourth-order valence-corrected chi connectivity index (χ4v) is 6.32. The number of allylic oxidation sites excluding steroid dienone is 1. The van der Waals surface area contributed by atoms with Gasteiger partial charge in [0.2, 0.25) is 0 Å². The molecule has 0 fully saturated rings. The van der Waals surface area contributed by atoms with Gasteiger partial charge in [-0.2, -0.15) is 0 Å². The lowest BCUT2D eigenvalue weighted by atomic mass is 9.94. The van der Waals surface area contributed by atoms with Crippen LogP contribution >= 0.6 is 11.3 Å². The van der Waals surface area contributed by atoms with E-state index in [0.717, 1.165) is 11.3 Å². The minimum Gasteiger partial charge on any atom is -0.497 e. The number of anilines is 1. The Balaban J connectivity index is 1.80. The molecule has 2 aromatic carbocycles. The molecule has 3 aromatic rings. The highest BCUT2D eigenvalue weighted by Gasteiger charge is 2.39. The SMILES string of the molecule is CCOC(=O)CN1C(=O)/C(=c2/sc3n(c2=O)[C@@H](c2cc(OC)ccc2OC)C(C(=O)OCC)=C(C)N=3)c2ccccc21. The summed E-state index contributed by atoms with van der Waals surface area (Å²) in [5.41, 5.74) is 1.62. The van der Waals surface area contributed by atoms with Gasteiger partial charge in [-0.3, -0.25) is 23.9 Å². The van der Waals surface area contributed by atoms with Gasteiger partial charge >= 0.3 is 11.9 Å². The molecule has 3 heterocycles. The van der Waals surface area contributed by atoms with E-state index in [0.29, 0.717) is 34.0 Å². The summed E-state index contributed by atoms with van der Waals surface area (Å²) in [6, 6.07) is 11.0. The Kier molecular flexibility index (Phi) is 7.99. The van der Waals surface area contributed by atoms with Crippen molar-refractivity contribution in [2.75, 3.05) is 38.9 Å². The number of carbonyl (C=O) groups excluding carboxylic acids is 3. The van der Waals surface area contributed by atoms with Gasteiger partial charge in [-0.1, -0.05) is 29.5 Å². The van der Waals surface area contributed by atoms with Crippen molar-refractivity contribution in [1.29, 1.82) is 0 Å². The number of aromatic nitrogens is 1. The van der Waals surface area contributed by atoms with Crippen LogP contribution in [0.2, 0.25) is 0 Å². The molecule has 5 rings (SSSR count). The summed E-state index contributed by atoms with van der Waals surface area (Å²) in [4.78, 5) is 60.0. The fourth-order valence-electron chi connectivity index (χ4n) is 5.18. The summed E-state index contributed by atoms with van der Waals surface area (Å²) in [7, 11) is 3.00. The second-order valence-electron chi connectivity index (χ2n) is 9.32. The molecule has 0 N–H and O–H groups in total. The number of nitrogens with zero attached hydrogens (tertiary/aromatic N) is 3. The van der Waals surface area contributed by atoms with E-state index in [1.807, 2.05) is 0 Å². The summed E-state index contributed by atoms with van der Waals surface area (Å²) in [5.74, 6) is -0.800. The Bertz CT molecular complexity index is 1820. The molecule has 0 radical (unpaired) electrons. The van der Waals surface area contributed by atoms with Gasteiger partial charge in [-0.05, 0) is 45.0 Å². The van der Waals surface area contributed by atoms with E-state index in [1.165, 1.54) is 23.7 Å². The highest BCUT2D eigenvalue weighted by atomic mass is 32.1. The number of rotatable bonds is 8. The first kappa shape index (κ1) is 28.8. The van der Waals surface area contributed by atoms with Gasteiger partial charge < -0.3 is 18.9 Å². The van der Waals surface area contributed by atoms with Crippen LogP contribution in [0.1, 0.15) is 37.9 Å². The normalized spacial score (nSPS) is 16.9. The van der Waals surface area contributed by atoms with E-state index in [2.05, 4.69) is 4.99 Å². The molecule has 0 aliphatic carbocycles. The molecule has 12 heteroatoms. The van der Waals surface area contributed by atoms with E-state index in [-0.39, 0.29) is 40.2 Å². The number of ether oxygens (including phenoxy) is 4. The molecule has 1 atom stereocenters. The molecular weight excluding hydrogens is 562 g/mol. The third-order valence-electron chi connectivity index (χ3n) is 6.97. The zero-order valence-corrected chi connectivity index (χ0v) is 24.6. The van der Waals surface area contributed by atoms with Crippen LogP contribution in [0.15, 0.2) is 63.5 Å². The minimum atomic E-state index is -0.984. The maximum Gasteiger partial charge on any atom is 0.338 e. The van der Waals surface area contributed by atoms with E-state index in [1.54, 1.807) is 63.2 Å². The molecule has 11 nitrogen and oxygen atoms in total. The van der Waals surface area contributed by atoms with Crippen molar-refractivity contribution < 1.29 is 33.3 Å². The van der Waals surface area contributed by atoms with Crippen LogP contribution in [0, 0.1) is 0 Å². The Morgan fingerprint density at radius 1 is 1.00 bits per heavy atom. The maximum atomic E-state index is 14.3. The number of carbonyl (C=O) groups is 3. The summed E-state index contributed by atoms with van der Waals surface area (Å²) in [5, 5.41) is 0. The van der Waals surface area contributed by atoms with Crippen molar-refractivity contribution in [2.24, 2.45) is 4.99 Å². The number of amides is 1. The third-order valence-corrected chi connectivity index (χ3v) is 8.02. The standard InChI is InChI=1S/C30H29N3O8S/c1-6-40-22(34)15-32-20-11-9-8-10-18(20)24(27(32)35)26-28(36)33-25(19-14-17(38-4)12-13-21(19)39-5)23(29(37)41-7-2)16(3)31-30(33)42-26/h8-14,25H,6-7,15H2,1-5H3/b26-24+/t25-/m0/s1. The van der Waals surface area contributed by atoms with Gasteiger partial charge in [0, 0.05) is 11.1 Å². The predicted octanol–water partition coefficient (Wildman–Crippen LogP) is 2.10. The topological polar surface area (TPSA) is 126 Å². The monoisotopic (exact) mass is 591 g/mol.